The summed E-state index contributed by atoms with van der Waals surface area (Å²) in [7, 11) is 0. The van der Waals surface area contributed by atoms with Crippen LogP contribution in [-0.2, 0) is 17.3 Å². The molecule has 0 nitrogen and oxygen atoms in total. The number of hydrogen-bond donors (Lipinski definition) is 0. The average Bonchev–Trinajstić information content (AvgIpc) is 3.15. The van der Waals surface area contributed by atoms with E-state index in [1.807, 2.05) is 0 Å². The quantitative estimate of drug-likeness (QED) is 0.262. The van der Waals surface area contributed by atoms with E-state index in [9.17, 15) is 0 Å². The van der Waals surface area contributed by atoms with E-state index < -0.39 is 0 Å². The predicted octanol–water partition coefficient (Wildman–Crippen LogP) is 9.19. The molecule has 166 valence electrons. The lowest BCUT2D eigenvalue weighted by Crippen LogP contribution is -2.13. The van der Waals surface area contributed by atoms with Crippen LogP contribution in [-0.4, -0.2) is 0 Å². The SMILES string of the molecule is CC(C)(C)c1ccc2c(c1)-c1cc(C(C)(C)C)c(-c3ccc(-c4ccccc4)cc3)cc1C2. The van der Waals surface area contributed by atoms with Crippen molar-refractivity contribution in [1.82, 2.24) is 0 Å². The van der Waals surface area contributed by atoms with Crippen LogP contribution in [0.15, 0.2) is 84.9 Å². The van der Waals surface area contributed by atoms with Gasteiger partial charge in [0.15, 0.2) is 0 Å². The molecule has 4 aromatic rings. The van der Waals surface area contributed by atoms with Crippen molar-refractivity contribution < 1.29 is 0 Å². The van der Waals surface area contributed by atoms with Crippen molar-refractivity contribution in [2.45, 2.75) is 58.8 Å². The number of rotatable bonds is 2. The smallest absolute Gasteiger partial charge is 0.00132 e. The Morgan fingerprint density at radius 1 is 0.485 bits per heavy atom. The highest BCUT2D eigenvalue weighted by molar-refractivity contribution is 5.83. The van der Waals surface area contributed by atoms with Gasteiger partial charge in [0.25, 0.3) is 0 Å². The number of benzene rings is 4. The van der Waals surface area contributed by atoms with Crippen molar-refractivity contribution in [2.24, 2.45) is 0 Å². The second-order valence-electron chi connectivity index (χ2n) is 11.5. The van der Waals surface area contributed by atoms with E-state index in [-0.39, 0.29) is 10.8 Å². The van der Waals surface area contributed by atoms with Gasteiger partial charge in [-0.3, -0.25) is 0 Å². The van der Waals surface area contributed by atoms with Crippen LogP contribution in [0.3, 0.4) is 0 Å². The van der Waals surface area contributed by atoms with E-state index in [0.29, 0.717) is 0 Å². The van der Waals surface area contributed by atoms with Crippen LogP contribution >= 0.6 is 0 Å². The third-order valence-electron chi connectivity index (χ3n) is 7.00. The van der Waals surface area contributed by atoms with Gasteiger partial charge in [-0.15, -0.1) is 0 Å². The predicted molar refractivity (Wildman–Crippen MR) is 143 cm³/mol. The highest BCUT2D eigenvalue weighted by Gasteiger charge is 2.27. The first-order valence-electron chi connectivity index (χ1n) is 12.1. The summed E-state index contributed by atoms with van der Waals surface area (Å²) in [6.45, 7) is 13.9. The fourth-order valence-corrected chi connectivity index (χ4v) is 5.03. The van der Waals surface area contributed by atoms with Crippen molar-refractivity contribution in [3.63, 3.8) is 0 Å². The molecule has 0 bridgehead atoms. The van der Waals surface area contributed by atoms with Gasteiger partial charge in [0.1, 0.15) is 0 Å². The molecule has 0 aliphatic heterocycles. The maximum absolute atomic E-state index is 2.48. The Hall–Kier alpha value is -3.12. The molecule has 0 heteroatoms. The minimum atomic E-state index is 0.0624. The van der Waals surface area contributed by atoms with Gasteiger partial charge in [0.2, 0.25) is 0 Å². The summed E-state index contributed by atoms with van der Waals surface area (Å²) in [5.74, 6) is 0. The molecule has 33 heavy (non-hydrogen) atoms. The van der Waals surface area contributed by atoms with Crippen molar-refractivity contribution in [1.29, 1.82) is 0 Å². The molecule has 0 fully saturated rings. The lowest BCUT2D eigenvalue weighted by atomic mass is 9.79. The Morgan fingerprint density at radius 2 is 1.09 bits per heavy atom. The molecule has 0 aromatic heterocycles. The van der Waals surface area contributed by atoms with Crippen LogP contribution in [0, 0.1) is 0 Å². The van der Waals surface area contributed by atoms with Gasteiger partial charge in [-0.05, 0) is 85.0 Å². The van der Waals surface area contributed by atoms with Crippen molar-refractivity contribution in [2.75, 3.05) is 0 Å². The minimum Gasteiger partial charge on any atom is -0.0622 e. The van der Waals surface area contributed by atoms with Crippen LogP contribution < -0.4 is 0 Å². The first-order chi connectivity index (χ1) is 15.6. The Bertz CT molecular complexity index is 1310. The molecule has 0 N–H and O–H groups in total. The van der Waals surface area contributed by atoms with E-state index in [2.05, 4.69) is 126 Å². The minimum absolute atomic E-state index is 0.0624. The van der Waals surface area contributed by atoms with Crippen LogP contribution in [0.25, 0.3) is 33.4 Å². The largest absolute Gasteiger partial charge is 0.0622 e. The van der Waals surface area contributed by atoms with Gasteiger partial charge in [-0.2, -0.15) is 0 Å². The first-order valence-corrected chi connectivity index (χ1v) is 12.1. The lowest BCUT2D eigenvalue weighted by molar-refractivity contribution is 0.590. The van der Waals surface area contributed by atoms with Gasteiger partial charge in [-0.25, -0.2) is 0 Å². The molecular formula is C33H34. The summed E-state index contributed by atoms with van der Waals surface area (Å²) in [6.07, 6.45) is 1.02. The number of hydrogen-bond acceptors (Lipinski definition) is 0. The molecule has 0 spiro atoms. The molecule has 5 rings (SSSR count). The highest BCUT2D eigenvalue weighted by Crippen LogP contribution is 2.44. The standard InChI is InChI=1S/C33H34/c1-32(2,3)27-17-16-25-18-26-19-30(31(33(4,5)6)21-29(26)28(25)20-27)24-14-12-23(13-15-24)22-10-8-7-9-11-22/h7-17,19-21H,18H2,1-6H3. The molecule has 1 aliphatic rings. The third kappa shape index (κ3) is 4.04. The summed E-state index contributed by atoms with van der Waals surface area (Å²) in [5, 5.41) is 0. The highest BCUT2D eigenvalue weighted by atomic mass is 14.3. The van der Waals surface area contributed by atoms with Crippen molar-refractivity contribution in [3.8, 4) is 33.4 Å². The molecule has 0 saturated carbocycles. The van der Waals surface area contributed by atoms with Gasteiger partial charge in [0, 0.05) is 0 Å². The van der Waals surface area contributed by atoms with Gasteiger partial charge < -0.3 is 0 Å². The lowest BCUT2D eigenvalue weighted by Gasteiger charge is -2.25. The zero-order valence-corrected chi connectivity index (χ0v) is 20.8. The van der Waals surface area contributed by atoms with Crippen LogP contribution in [0.1, 0.15) is 63.8 Å². The van der Waals surface area contributed by atoms with Crippen molar-refractivity contribution >= 4 is 0 Å². The Morgan fingerprint density at radius 3 is 1.73 bits per heavy atom. The summed E-state index contributed by atoms with van der Waals surface area (Å²) >= 11 is 0. The van der Waals surface area contributed by atoms with E-state index >= 15 is 0 Å². The average molecular weight is 431 g/mol. The summed E-state index contributed by atoms with van der Waals surface area (Å²) in [5.41, 5.74) is 14.0. The van der Waals surface area contributed by atoms with Crippen LogP contribution in [0.5, 0.6) is 0 Å². The molecule has 0 atom stereocenters. The van der Waals surface area contributed by atoms with Gasteiger partial charge in [0.05, 0.1) is 0 Å². The molecule has 0 saturated heterocycles. The zero-order chi connectivity index (χ0) is 23.4. The second-order valence-corrected chi connectivity index (χ2v) is 11.5. The fourth-order valence-electron chi connectivity index (χ4n) is 5.03. The van der Waals surface area contributed by atoms with Gasteiger partial charge in [-0.1, -0.05) is 114 Å². The fraction of sp³-hybridized carbons (Fsp3) is 0.273. The van der Waals surface area contributed by atoms with Crippen LogP contribution in [0.4, 0.5) is 0 Å². The Balaban J connectivity index is 1.62. The molecule has 1 aliphatic carbocycles. The Labute approximate surface area is 199 Å². The molecule has 0 amide bonds. The normalized spacial score (nSPS) is 13.0. The molecule has 4 aromatic carbocycles. The zero-order valence-electron chi connectivity index (χ0n) is 20.8. The van der Waals surface area contributed by atoms with Gasteiger partial charge >= 0.3 is 0 Å². The van der Waals surface area contributed by atoms with E-state index in [1.54, 1.807) is 0 Å². The summed E-state index contributed by atoms with van der Waals surface area (Å²) in [6, 6.07) is 31.8. The molecule has 0 unspecified atom stereocenters. The topological polar surface area (TPSA) is 0 Å². The maximum atomic E-state index is 2.48. The van der Waals surface area contributed by atoms with E-state index in [0.717, 1.165) is 6.42 Å². The Kier molecular flexibility index (Phi) is 5.09. The van der Waals surface area contributed by atoms with Crippen molar-refractivity contribution in [3.05, 3.63) is 107 Å². The van der Waals surface area contributed by atoms with E-state index in [4.69, 9.17) is 0 Å². The number of fused-ring (bicyclic) bond motifs is 3. The summed E-state index contributed by atoms with van der Waals surface area (Å²) in [4.78, 5) is 0. The monoisotopic (exact) mass is 430 g/mol. The molecule has 0 heterocycles. The first kappa shape index (κ1) is 21.7. The molecular weight excluding hydrogens is 396 g/mol. The molecule has 0 radical (unpaired) electrons. The second kappa shape index (κ2) is 7.73. The summed E-state index contributed by atoms with van der Waals surface area (Å²) < 4.78 is 0. The maximum Gasteiger partial charge on any atom is -0.00132 e. The third-order valence-corrected chi connectivity index (χ3v) is 7.00. The van der Waals surface area contributed by atoms with E-state index in [1.165, 1.54) is 55.6 Å². The van der Waals surface area contributed by atoms with Crippen LogP contribution in [0.2, 0.25) is 0 Å².